The highest BCUT2D eigenvalue weighted by Crippen LogP contribution is 2.34. The number of methoxy groups -OCH3 is 1. The minimum absolute atomic E-state index is 0.679. The molecule has 0 fully saturated rings. The number of hydrogen-bond acceptors (Lipinski definition) is 4. The van der Waals surface area contributed by atoms with E-state index in [0.29, 0.717) is 5.89 Å². The number of rotatable bonds is 2. The molecule has 106 valence electrons. The Morgan fingerprint density at radius 1 is 1.24 bits per heavy atom. The van der Waals surface area contributed by atoms with Crippen molar-refractivity contribution in [3.63, 3.8) is 0 Å². The van der Waals surface area contributed by atoms with Crippen LogP contribution in [-0.2, 0) is 6.42 Å². The number of anilines is 1. The Bertz CT molecular complexity index is 808. The molecule has 0 unspecified atom stereocenters. The molecule has 0 aliphatic carbocycles. The van der Waals surface area contributed by atoms with E-state index in [1.807, 2.05) is 24.3 Å². The van der Waals surface area contributed by atoms with E-state index in [9.17, 15) is 0 Å². The molecule has 0 amide bonds. The maximum absolute atomic E-state index is 5.93. The van der Waals surface area contributed by atoms with Crippen molar-refractivity contribution in [2.24, 2.45) is 0 Å². The zero-order valence-corrected chi connectivity index (χ0v) is 11.8. The van der Waals surface area contributed by atoms with Crippen molar-refractivity contribution < 1.29 is 9.15 Å². The van der Waals surface area contributed by atoms with E-state index in [4.69, 9.17) is 9.15 Å². The lowest BCUT2D eigenvalue weighted by atomic mass is 9.97. The third kappa shape index (κ3) is 2.03. The summed E-state index contributed by atoms with van der Waals surface area (Å²) in [4.78, 5) is 4.63. The van der Waals surface area contributed by atoms with Crippen LogP contribution in [0.15, 0.2) is 40.8 Å². The molecule has 4 heteroatoms. The Kier molecular flexibility index (Phi) is 2.81. The van der Waals surface area contributed by atoms with Gasteiger partial charge in [-0.1, -0.05) is 6.07 Å². The van der Waals surface area contributed by atoms with E-state index in [0.717, 1.165) is 41.8 Å². The summed E-state index contributed by atoms with van der Waals surface area (Å²) < 4.78 is 11.2. The topological polar surface area (TPSA) is 47.3 Å². The van der Waals surface area contributed by atoms with Gasteiger partial charge in [0.05, 0.1) is 7.11 Å². The fourth-order valence-electron chi connectivity index (χ4n) is 2.86. The van der Waals surface area contributed by atoms with Gasteiger partial charge in [0.2, 0.25) is 5.89 Å². The van der Waals surface area contributed by atoms with Gasteiger partial charge in [-0.05, 0) is 42.7 Å². The van der Waals surface area contributed by atoms with E-state index < -0.39 is 0 Å². The largest absolute Gasteiger partial charge is 0.497 e. The number of ether oxygens (including phenoxy) is 1. The van der Waals surface area contributed by atoms with Crippen LogP contribution in [0.4, 0.5) is 5.69 Å². The van der Waals surface area contributed by atoms with Crippen molar-refractivity contribution in [3.05, 3.63) is 42.0 Å². The van der Waals surface area contributed by atoms with Crippen LogP contribution in [0.1, 0.15) is 12.0 Å². The molecule has 3 aromatic rings. The highest BCUT2D eigenvalue weighted by atomic mass is 16.5. The van der Waals surface area contributed by atoms with E-state index >= 15 is 0 Å². The fourth-order valence-corrected chi connectivity index (χ4v) is 2.86. The smallest absolute Gasteiger partial charge is 0.227 e. The third-order valence-electron chi connectivity index (χ3n) is 3.92. The van der Waals surface area contributed by atoms with Crippen LogP contribution in [0.3, 0.4) is 0 Å². The fraction of sp³-hybridized carbons (Fsp3) is 0.235. The third-order valence-corrected chi connectivity index (χ3v) is 3.92. The molecule has 21 heavy (non-hydrogen) atoms. The van der Waals surface area contributed by atoms with Crippen molar-refractivity contribution in [1.29, 1.82) is 0 Å². The predicted octanol–water partition coefficient (Wildman–Crippen LogP) is 3.86. The maximum atomic E-state index is 5.93. The molecule has 0 radical (unpaired) electrons. The van der Waals surface area contributed by atoms with E-state index in [1.54, 1.807) is 7.11 Å². The monoisotopic (exact) mass is 280 g/mol. The first-order chi connectivity index (χ1) is 10.3. The summed E-state index contributed by atoms with van der Waals surface area (Å²) in [6, 6.07) is 11.9. The van der Waals surface area contributed by atoms with Crippen molar-refractivity contribution in [3.8, 4) is 17.2 Å². The molecule has 4 rings (SSSR count). The van der Waals surface area contributed by atoms with Crippen LogP contribution in [0.2, 0.25) is 0 Å². The second kappa shape index (κ2) is 4.81. The molecule has 2 aromatic carbocycles. The van der Waals surface area contributed by atoms with Gasteiger partial charge in [0.25, 0.3) is 0 Å². The zero-order valence-electron chi connectivity index (χ0n) is 11.8. The normalized spacial score (nSPS) is 13.8. The van der Waals surface area contributed by atoms with Gasteiger partial charge in [0.15, 0.2) is 5.58 Å². The number of nitrogens with zero attached hydrogens (tertiary/aromatic N) is 1. The molecule has 1 aliphatic heterocycles. The molecule has 4 nitrogen and oxygen atoms in total. The van der Waals surface area contributed by atoms with Gasteiger partial charge in [-0.2, -0.15) is 0 Å². The Morgan fingerprint density at radius 3 is 3.10 bits per heavy atom. The standard InChI is InChI=1S/C17H16N2O2/c1-20-11-7-8-16-15(10-11)19-17(21-16)13-4-2-6-14-12(13)5-3-9-18-14/h2,4,6-8,10,18H,3,5,9H2,1H3. The second-order valence-electron chi connectivity index (χ2n) is 5.21. The van der Waals surface area contributed by atoms with Crippen LogP contribution >= 0.6 is 0 Å². The molecule has 1 N–H and O–H groups in total. The van der Waals surface area contributed by atoms with Gasteiger partial charge in [0, 0.05) is 23.9 Å². The first-order valence-electron chi connectivity index (χ1n) is 7.16. The summed E-state index contributed by atoms with van der Waals surface area (Å²) in [7, 11) is 1.65. The summed E-state index contributed by atoms with van der Waals surface area (Å²) in [6.07, 6.45) is 2.19. The van der Waals surface area contributed by atoms with Crippen molar-refractivity contribution in [2.75, 3.05) is 19.0 Å². The molecule has 0 spiro atoms. The van der Waals surface area contributed by atoms with E-state index in [-0.39, 0.29) is 0 Å². The predicted molar refractivity (Wildman–Crippen MR) is 82.8 cm³/mol. The highest BCUT2D eigenvalue weighted by molar-refractivity contribution is 5.79. The average Bonchev–Trinajstić information content (AvgIpc) is 2.97. The Hall–Kier alpha value is -2.49. The minimum atomic E-state index is 0.679. The first-order valence-corrected chi connectivity index (χ1v) is 7.16. The lowest BCUT2D eigenvalue weighted by Crippen LogP contribution is -2.12. The summed E-state index contributed by atoms with van der Waals surface area (Å²) >= 11 is 0. The maximum Gasteiger partial charge on any atom is 0.227 e. The van der Waals surface area contributed by atoms with Crippen molar-refractivity contribution in [2.45, 2.75) is 12.8 Å². The Morgan fingerprint density at radius 2 is 2.19 bits per heavy atom. The van der Waals surface area contributed by atoms with Crippen molar-refractivity contribution >= 4 is 16.8 Å². The van der Waals surface area contributed by atoms with E-state index in [1.165, 1.54) is 11.3 Å². The molecule has 2 heterocycles. The Balaban J connectivity index is 1.86. The van der Waals surface area contributed by atoms with Gasteiger partial charge in [-0.3, -0.25) is 0 Å². The lowest BCUT2D eigenvalue weighted by Gasteiger charge is -2.19. The van der Waals surface area contributed by atoms with Gasteiger partial charge in [-0.15, -0.1) is 0 Å². The molecule has 0 saturated carbocycles. The number of hydrogen-bond donors (Lipinski definition) is 1. The highest BCUT2D eigenvalue weighted by Gasteiger charge is 2.17. The molecular weight excluding hydrogens is 264 g/mol. The number of aromatic nitrogens is 1. The molecular formula is C17H16N2O2. The van der Waals surface area contributed by atoms with Gasteiger partial charge >= 0.3 is 0 Å². The zero-order chi connectivity index (χ0) is 14.2. The summed E-state index contributed by atoms with van der Waals surface area (Å²) in [6.45, 7) is 1.03. The molecule has 0 saturated heterocycles. The number of nitrogens with one attached hydrogen (secondary N) is 1. The van der Waals surface area contributed by atoms with Crippen molar-refractivity contribution in [1.82, 2.24) is 4.98 Å². The first kappa shape index (κ1) is 12.3. The average molecular weight is 280 g/mol. The minimum Gasteiger partial charge on any atom is -0.497 e. The number of fused-ring (bicyclic) bond motifs is 2. The van der Waals surface area contributed by atoms with Gasteiger partial charge < -0.3 is 14.5 Å². The van der Waals surface area contributed by atoms with Gasteiger partial charge in [0.1, 0.15) is 11.3 Å². The van der Waals surface area contributed by atoms with Crippen LogP contribution in [0.25, 0.3) is 22.6 Å². The van der Waals surface area contributed by atoms with Crippen LogP contribution in [0.5, 0.6) is 5.75 Å². The van der Waals surface area contributed by atoms with Gasteiger partial charge in [-0.25, -0.2) is 4.98 Å². The molecule has 1 aromatic heterocycles. The molecule has 1 aliphatic rings. The summed E-state index contributed by atoms with van der Waals surface area (Å²) in [5, 5.41) is 3.44. The summed E-state index contributed by atoms with van der Waals surface area (Å²) in [5.41, 5.74) is 5.17. The van der Waals surface area contributed by atoms with Crippen LogP contribution < -0.4 is 10.1 Å². The van der Waals surface area contributed by atoms with Crippen LogP contribution in [0, 0.1) is 0 Å². The number of oxazole rings is 1. The lowest BCUT2D eigenvalue weighted by molar-refractivity contribution is 0.415. The SMILES string of the molecule is COc1ccc2oc(-c3cccc4c3CCCN4)nc2c1. The van der Waals surface area contributed by atoms with E-state index in [2.05, 4.69) is 22.4 Å². The quantitative estimate of drug-likeness (QED) is 0.774. The number of benzene rings is 2. The van der Waals surface area contributed by atoms with Crippen LogP contribution in [-0.4, -0.2) is 18.6 Å². The Labute approximate surface area is 122 Å². The molecule has 0 bridgehead atoms. The molecule has 0 atom stereocenters. The summed E-state index contributed by atoms with van der Waals surface area (Å²) in [5.74, 6) is 1.47. The second-order valence-corrected chi connectivity index (χ2v) is 5.21.